The van der Waals surface area contributed by atoms with Crippen LogP contribution in [0.15, 0.2) is 78.9 Å². The van der Waals surface area contributed by atoms with Gasteiger partial charge in [0, 0.05) is 30.4 Å². The number of amides is 2. The summed E-state index contributed by atoms with van der Waals surface area (Å²) < 4.78 is 29.1. The second-order valence-corrected chi connectivity index (χ2v) is 7.98. The van der Waals surface area contributed by atoms with Gasteiger partial charge in [0.25, 0.3) is 11.8 Å². The molecule has 1 fully saturated rings. The molecule has 0 saturated carbocycles. The number of carbonyl (C=O) groups excluding carboxylic acids is 2. The summed E-state index contributed by atoms with van der Waals surface area (Å²) in [7, 11) is 0. The maximum absolute atomic E-state index is 13.2. The van der Waals surface area contributed by atoms with Crippen molar-refractivity contribution in [3.8, 4) is 5.75 Å². The van der Waals surface area contributed by atoms with Crippen LogP contribution in [0.4, 0.5) is 20.2 Å². The number of hydrogen-bond acceptors (Lipinski definition) is 4. The van der Waals surface area contributed by atoms with Crippen LogP contribution in [-0.2, 0) is 0 Å². The number of para-hydroxylation sites is 1. The van der Waals surface area contributed by atoms with Crippen molar-refractivity contribution >= 4 is 23.2 Å². The van der Waals surface area contributed by atoms with Gasteiger partial charge < -0.3 is 20.3 Å². The number of ether oxygens (including phenoxy) is 1. The fraction of sp³-hybridized carbons (Fsp3) is 0.231. The van der Waals surface area contributed by atoms with Crippen LogP contribution in [0.3, 0.4) is 0 Å². The minimum Gasteiger partial charge on any atom is -0.435 e. The Morgan fingerprint density at radius 3 is 2.21 bits per heavy atom. The zero-order valence-electron chi connectivity index (χ0n) is 18.4. The van der Waals surface area contributed by atoms with Crippen molar-refractivity contribution < 1.29 is 23.1 Å². The summed E-state index contributed by atoms with van der Waals surface area (Å²) in [4.78, 5) is 27.4. The number of alkyl halides is 2. The number of carbonyl (C=O) groups is 2. The smallest absolute Gasteiger partial charge is 0.387 e. The quantitative estimate of drug-likeness (QED) is 0.511. The van der Waals surface area contributed by atoms with E-state index in [1.54, 1.807) is 47.4 Å². The summed E-state index contributed by atoms with van der Waals surface area (Å²) in [5.41, 5.74) is 2.40. The minimum absolute atomic E-state index is 0.0131. The van der Waals surface area contributed by atoms with Gasteiger partial charge in [0.05, 0.1) is 11.3 Å². The third-order valence-corrected chi connectivity index (χ3v) is 5.67. The average Bonchev–Trinajstić information content (AvgIpc) is 2.86. The lowest BCUT2D eigenvalue weighted by atomic mass is 10.0. The van der Waals surface area contributed by atoms with Gasteiger partial charge in [-0.15, -0.1) is 0 Å². The number of hydrogen-bond donors (Lipinski definition) is 2. The van der Waals surface area contributed by atoms with Crippen LogP contribution in [0.5, 0.6) is 5.75 Å². The molecular formula is C26H25F2N3O3. The van der Waals surface area contributed by atoms with E-state index in [2.05, 4.69) is 15.4 Å². The van der Waals surface area contributed by atoms with E-state index >= 15 is 0 Å². The van der Waals surface area contributed by atoms with E-state index in [1.165, 1.54) is 12.1 Å². The van der Waals surface area contributed by atoms with Crippen molar-refractivity contribution in [1.29, 1.82) is 0 Å². The summed E-state index contributed by atoms with van der Waals surface area (Å²) in [5, 5.41) is 6.23. The summed E-state index contributed by atoms with van der Waals surface area (Å²) in [5.74, 6) is -0.148. The number of halogens is 2. The Kier molecular flexibility index (Phi) is 7.37. The van der Waals surface area contributed by atoms with E-state index in [9.17, 15) is 18.4 Å². The van der Waals surface area contributed by atoms with Gasteiger partial charge in [-0.2, -0.15) is 8.78 Å². The maximum atomic E-state index is 13.2. The first kappa shape index (κ1) is 23.2. The Morgan fingerprint density at radius 2 is 1.53 bits per heavy atom. The lowest BCUT2D eigenvalue weighted by Crippen LogP contribution is -2.46. The summed E-state index contributed by atoms with van der Waals surface area (Å²) >= 11 is 0. The van der Waals surface area contributed by atoms with Crippen LogP contribution in [0.2, 0.25) is 0 Å². The Hall–Kier alpha value is -3.94. The van der Waals surface area contributed by atoms with Gasteiger partial charge in [0.15, 0.2) is 0 Å². The molecule has 0 atom stereocenters. The van der Waals surface area contributed by atoms with E-state index in [0.717, 1.165) is 0 Å². The molecule has 34 heavy (non-hydrogen) atoms. The van der Waals surface area contributed by atoms with E-state index in [4.69, 9.17) is 0 Å². The highest BCUT2D eigenvalue weighted by molar-refractivity contribution is 6.00. The first-order valence-corrected chi connectivity index (χ1v) is 11.1. The van der Waals surface area contributed by atoms with Crippen LogP contribution in [0, 0.1) is 0 Å². The molecule has 4 rings (SSSR count). The number of rotatable bonds is 7. The molecule has 0 bridgehead atoms. The van der Waals surface area contributed by atoms with Crippen molar-refractivity contribution in [3.05, 3.63) is 90.0 Å². The van der Waals surface area contributed by atoms with Crippen molar-refractivity contribution in [2.75, 3.05) is 18.4 Å². The highest BCUT2D eigenvalue weighted by Gasteiger charge is 2.26. The van der Waals surface area contributed by atoms with Gasteiger partial charge in [-0.25, -0.2) is 0 Å². The number of anilines is 2. The molecule has 1 aliphatic rings. The van der Waals surface area contributed by atoms with Crippen LogP contribution in [0.25, 0.3) is 0 Å². The Balaban J connectivity index is 1.36. The lowest BCUT2D eigenvalue weighted by Gasteiger charge is -2.33. The standard InChI is InChI=1S/C26H25F2N3O3/c27-26(28)34-21-12-10-19(11-13-21)29-23-9-5-4-8-22(23)25(33)31-16-14-20(15-17-31)30-24(32)18-6-2-1-3-7-18/h1-13,20,26,29H,14-17H2,(H,30,32). The molecule has 0 aromatic heterocycles. The van der Waals surface area contributed by atoms with Gasteiger partial charge in [0.1, 0.15) is 5.75 Å². The molecule has 2 amide bonds. The van der Waals surface area contributed by atoms with Gasteiger partial charge in [-0.1, -0.05) is 30.3 Å². The summed E-state index contributed by atoms with van der Waals surface area (Å²) in [6.07, 6.45) is 1.34. The zero-order chi connectivity index (χ0) is 23.9. The van der Waals surface area contributed by atoms with Crippen molar-refractivity contribution in [1.82, 2.24) is 10.2 Å². The minimum atomic E-state index is -2.88. The molecule has 6 nitrogen and oxygen atoms in total. The fourth-order valence-electron chi connectivity index (χ4n) is 3.91. The number of likely N-dealkylation sites (tertiary alicyclic amines) is 1. The molecular weight excluding hydrogens is 440 g/mol. The van der Waals surface area contributed by atoms with Crippen molar-refractivity contribution in [2.24, 2.45) is 0 Å². The topological polar surface area (TPSA) is 70.7 Å². The number of benzene rings is 3. The third-order valence-electron chi connectivity index (χ3n) is 5.67. The monoisotopic (exact) mass is 465 g/mol. The van der Waals surface area contributed by atoms with Crippen molar-refractivity contribution in [2.45, 2.75) is 25.5 Å². The SMILES string of the molecule is O=C(NC1CCN(C(=O)c2ccccc2Nc2ccc(OC(F)F)cc2)CC1)c1ccccc1. The molecule has 3 aromatic rings. The molecule has 8 heteroatoms. The molecule has 2 N–H and O–H groups in total. The molecule has 1 heterocycles. The van der Waals surface area contributed by atoms with Gasteiger partial charge in [-0.3, -0.25) is 9.59 Å². The third kappa shape index (κ3) is 5.89. The zero-order valence-corrected chi connectivity index (χ0v) is 18.4. The van der Waals surface area contributed by atoms with E-state index < -0.39 is 6.61 Å². The fourth-order valence-corrected chi connectivity index (χ4v) is 3.91. The average molecular weight is 466 g/mol. The molecule has 1 aliphatic heterocycles. The number of piperidine rings is 1. The number of nitrogens with one attached hydrogen (secondary N) is 2. The van der Waals surface area contributed by atoms with E-state index in [0.29, 0.717) is 48.4 Å². The molecule has 0 radical (unpaired) electrons. The second kappa shape index (κ2) is 10.8. The maximum Gasteiger partial charge on any atom is 0.387 e. The molecule has 176 valence electrons. The van der Waals surface area contributed by atoms with Crippen LogP contribution < -0.4 is 15.4 Å². The Labute approximate surface area is 196 Å². The van der Waals surface area contributed by atoms with Crippen LogP contribution in [0.1, 0.15) is 33.6 Å². The first-order valence-electron chi connectivity index (χ1n) is 11.1. The molecule has 0 spiro atoms. The van der Waals surface area contributed by atoms with Gasteiger partial charge >= 0.3 is 6.61 Å². The first-order chi connectivity index (χ1) is 16.5. The van der Waals surface area contributed by atoms with Crippen LogP contribution >= 0.6 is 0 Å². The normalized spacial score (nSPS) is 14.0. The van der Waals surface area contributed by atoms with Crippen LogP contribution in [-0.4, -0.2) is 42.5 Å². The van der Waals surface area contributed by atoms with Crippen molar-refractivity contribution in [3.63, 3.8) is 0 Å². The molecule has 1 saturated heterocycles. The highest BCUT2D eigenvalue weighted by Crippen LogP contribution is 2.25. The van der Waals surface area contributed by atoms with E-state index in [-0.39, 0.29) is 23.6 Å². The highest BCUT2D eigenvalue weighted by atomic mass is 19.3. The molecule has 0 aliphatic carbocycles. The number of nitrogens with zero attached hydrogens (tertiary/aromatic N) is 1. The predicted octanol–water partition coefficient (Wildman–Crippen LogP) is 5.07. The Bertz CT molecular complexity index is 1120. The largest absolute Gasteiger partial charge is 0.435 e. The van der Waals surface area contributed by atoms with Gasteiger partial charge in [0.2, 0.25) is 0 Å². The summed E-state index contributed by atoms with van der Waals surface area (Å²) in [6.45, 7) is -1.81. The lowest BCUT2D eigenvalue weighted by molar-refractivity contribution is -0.0498. The summed E-state index contributed by atoms with van der Waals surface area (Å²) in [6, 6.07) is 22.3. The van der Waals surface area contributed by atoms with Gasteiger partial charge in [-0.05, 0) is 61.4 Å². The second-order valence-electron chi connectivity index (χ2n) is 7.98. The Morgan fingerprint density at radius 1 is 0.882 bits per heavy atom. The molecule has 3 aromatic carbocycles. The predicted molar refractivity (Wildman–Crippen MR) is 126 cm³/mol. The molecule has 0 unspecified atom stereocenters. The van der Waals surface area contributed by atoms with E-state index in [1.807, 2.05) is 24.3 Å².